The maximum Gasteiger partial charge on any atom is 0.335 e. The number of hydrogen-bond donors (Lipinski definition) is 1. The van der Waals surface area contributed by atoms with Crippen LogP contribution in [0.2, 0.25) is 0 Å². The molecule has 0 bridgehead atoms. The van der Waals surface area contributed by atoms with E-state index in [9.17, 15) is 4.79 Å². The van der Waals surface area contributed by atoms with E-state index >= 15 is 0 Å². The van der Waals surface area contributed by atoms with Crippen molar-refractivity contribution >= 4 is 5.97 Å². The Morgan fingerprint density at radius 2 is 1.75 bits per heavy atom. The van der Waals surface area contributed by atoms with Gasteiger partial charge in [0.25, 0.3) is 0 Å². The van der Waals surface area contributed by atoms with Crippen molar-refractivity contribution < 1.29 is 19.4 Å². The van der Waals surface area contributed by atoms with E-state index in [1.807, 2.05) is 30.3 Å². The van der Waals surface area contributed by atoms with Gasteiger partial charge < -0.3 is 14.6 Å². The van der Waals surface area contributed by atoms with Gasteiger partial charge in [-0.3, -0.25) is 0 Å². The number of carbonyl (C=O) groups is 1. The van der Waals surface area contributed by atoms with Gasteiger partial charge in [0.15, 0.2) is 0 Å². The number of carboxylic acids is 1. The molecule has 2 aromatic carbocycles. The number of ether oxygens (including phenoxy) is 2. The topological polar surface area (TPSA) is 55.8 Å². The van der Waals surface area contributed by atoms with Crippen LogP contribution in [0, 0.1) is 6.92 Å². The highest BCUT2D eigenvalue weighted by atomic mass is 16.5. The Morgan fingerprint density at radius 3 is 2.35 bits per heavy atom. The van der Waals surface area contributed by atoms with Crippen molar-refractivity contribution in [2.75, 3.05) is 7.11 Å². The van der Waals surface area contributed by atoms with Crippen LogP contribution in [0.5, 0.6) is 11.5 Å². The van der Waals surface area contributed by atoms with E-state index in [0.717, 1.165) is 16.9 Å². The normalized spacial score (nSPS) is 10.1. The molecule has 104 valence electrons. The van der Waals surface area contributed by atoms with Gasteiger partial charge in [0.05, 0.1) is 12.7 Å². The summed E-state index contributed by atoms with van der Waals surface area (Å²) in [5.74, 6) is 0.554. The van der Waals surface area contributed by atoms with Crippen molar-refractivity contribution in [1.82, 2.24) is 0 Å². The average molecular weight is 272 g/mol. The molecule has 1 N–H and O–H groups in total. The van der Waals surface area contributed by atoms with Gasteiger partial charge in [-0.15, -0.1) is 0 Å². The third-order valence-corrected chi connectivity index (χ3v) is 3.00. The fourth-order valence-electron chi connectivity index (χ4n) is 1.83. The molecule has 0 aliphatic rings. The molecule has 20 heavy (non-hydrogen) atoms. The molecule has 4 nitrogen and oxygen atoms in total. The van der Waals surface area contributed by atoms with E-state index in [-0.39, 0.29) is 0 Å². The number of benzene rings is 2. The lowest BCUT2D eigenvalue weighted by molar-refractivity contribution is 0.0696. The van der Waals surface area contributed by atoms with E-state index < -0.39 is 5.97 Å². The second-order valence-electron chi connectivity index (χ2n) is 4.42. The summed E-state index contributed by atoms with van der Waals surface area (Å²) in [6.45, 7) is 2.10. The molecule has 0 aliphatic carbocycles. The Morgan fingerprint density at radius 1 is 1.10 bits per heavy atom. The molecule has 0 saturated heterocycles. The quantitative estimate of drug-likeness (QED) is 0.907. The molecule has 0 radical (unpaired) electrons. The largest absolute Gasteiger partial charge is 0.497 e. The van der Waals surface area contributed by atoms with Gasteiger partial charge >= 0.3 is 5.97 Å². The molecular weight excluding hydrogens is 256 g/mol. The van der Waals surface area contributed by atoms with Gasteiger partial charge in [0.2, 0.25) is 0 Å². The molecule has 0 saturated carbocycles. The van der Waals surface area contributed by atoms with Crippen LogP contribution in [0.1, 0.15) is 21.5 Å². The van der Waals surface area contributed by atoms with Gasteiger partial charge in [-0.05, 0) is 48.4 Å². The van der Waals surface area contributed by atoms with Crippen molar-refractivity contribution in [3.8, 4) is 11.5 Å². The van der Waals surface area contributed by atoms with Crippen LogP contribution in [-0.4, -0.2) is 18.2 Å². The summed E-state index contributed by atoms with van der Waals surface area (Å²) in [4.78, 5) is 11.1. The molecule has 0 unspecified atom stereocenters. The molecule has 0 heterocycles. The van der Waals surface area contributed by atoms with Gasteiger partial charge in [0, 0.05) is 0 Å². The zero-order valence-electron chi connectivity index (χ0n) is 11.4. The Labute approximate surface area is 117 Å². The van der Waals surface area contributed by atoms with Gasteiger partial charge in [0.1, 0.15) is 18.1 Å². The number of carboxylic acid groups (broad SMARTS) is 1. The number of rotatable bonds is 5. The highest BCUT2D eigenvalue weighted by Crippen LogP contribution is 2.19. The Kier molecular flexibility index (Phi) is 4.25. The smallest absolute Gasteiger partial charge is 0.335 e. The molecule has 4 heteroatoms. The SMILES string of the molecule is COc1ccc(OCc2ccc(C)c(C(=O)O)c2)cc1. The lowest BCUT2D eigenvalue weighted by Gasteiger charge is -2.09. The highest BCUT2D eigenvalue weighted by molar-refractivity contribution is 5.89. The lowest BCUT2D eigenvalue weighted by Crippen LogP contribution is -2.03. The Hall–Kier alpha value is -2.49. The van der Waals surface area contributed by atoms with Gasteiger partial charge in [-0.25, -0.2) is 4.79 Å². The van der Waals surface area contributed by atoms with Crippen molar-refractivity contribution in [2.45, 2.75) is 13.5 Å². The average Bonchev–Trinajstić information content (AvgIpc) is 2.46. The number of aromatic carboxylic acids is 1. The predicted molar refractivity (Wildman–Crippen MR) is 75.5 cm³/mol. The molecule has 2 rings (SSSR count). The molecule has 0 spiro atoms. The maximum atomic E-state index is 11.1. The van der Waals surface area contributed by atoms with Crippen molar-refractivity contribution in [1.29, 1.82) is 0 Å². The fourth-order valence-corrected chi connectivity index (χ4v) is 1.83. The third-order valence-electron chi connectivity index (χ3n) is 3.00. The maximum absolute atomic E-state index is 11.1. The first-order chi connectivity index (χ1) is 9.60. The first kappa shape index (κ1) is 13.9. The van der Waals surface area contributed by atoms with E-state index in [1.54, 1.807) is 26.2 Å². The van der Waals surface area contributed by atoms with Gasteiger partial charge in [-0.2, -0.15) is 0 Å². The molecule has 0 aliphatic heterocycles. The molecule has 0 atom stereocenters. The summed E-state index contributed by atoms with van der Waals surface area (Å²) in [5.41, 5.74) is 1.87. The van der Waals surface area contributed by atoms with Crippen LogP contribution < -0.4 is 9.47 Å². The van der Waals surface area contributed by atoms with Crippen molar-refractivity contribution in [3.05, 3.63) is 59.2 Å². The van der Waals surface area contributed by atoms with Crippen LogP contribution in [0.4, 0.5) is 0 Å². The molecular formula is C16H16O4. The van der Waals surface area contributed by atoms with Crippen LogP contribution in [0.15, 0.2) is 42.5 Å². The minimum absolute atomic E-state index is 0.306. The molecule has 0 fully saturated rings. The van der Waals surface area contributed by atoms with E-state index in [2.05, 4.69) is 0 Å². The van der Waals surface area contributed by atoms with E-state index in [1.165, 1.54) is 0 Å². The Bertz CT molecular complexity index is 602. The van der Waals surface area contributed by atoms with Crippen LogP contribution in [-0.2, 0) is 6.61 Å². The minimum Gasteiger partial charge on any atom is -0.497 e. The Balaban J connectivity index is 2.06. The van der Waals surface area contributed by atoms with Gasteiger partial charge in [-0.1, -0.05) is 12.1 Å². The predicted octanol–water partition coefficient (Wildman–Crippen LogP) is 3.28. The molecule has 0 aromatic heterocycles. The summed E-state index contributed by atoms with van der Waals surface area (Å²) in [6.07, 6.45) is 0. The zero-order chi connectivity index (χ0) is 14.5. The van der Waals surface area contributed by atoms with Crippen molar-refractivity contribution in [2.24, 2.45) is 0 Å². The van der Waals surface area contributed by atoms with E-state index in [4.69, 9.17) is 14.6 Å². The fraction of sp³-hybridized carbons (Fsp3) is 0.188. The summed E-state index contributed by atoms with van der Waals surface area (Å²) in [7, 11) is 1.61. The van der Waals surface area contributed by atoms with E-state index in [0.29, 0.717) is 17.9 Å². The van der Waals surface area contributed by atoms with Crippen LogP contribution in [0.3, 0.4) is 0 Å². The monoisotopic (exact) mass is 272 g/mol. The first-order valence-corrected chi connectivity index (χ1v) is 6.20. The summed E-state index contributed by atoms with van der Waals surface area (Å²) < 4.78 is 10.7. The standard InChI is InChI=1S/C16H16O4/c1-11-3-4-12(9-15(11)16(17)18)10-20-14-7-5-13(19-2)6-8-14/h3-9H,10H2,1-2H3,(H,17,18). The summed E-state index contributed by atoms with van der Waals surface area (Å²) in [6, 6.07) is 12.5. The zero-order valence-corrected chi connectivity index (χ0v) is 11.4. The lowest BCUT2D eigenvalue weighted by atomic mass is 10.1. The number of aryl methyl sites for hydroxylation is 1. The second kappa shape index (κ2) is 6.10. The highest BCUT2D eigenvalue weighted by Gasteiger charge is 2.08. The molecule has 2 aromatic rings. The molecule has 0 amide bonds. The van der Waals surface area contributed by atoms with Crippen LogP contribution in [0.25, 0.3) is 0 Å². The second-order valence-corrected chi connectivity index (χ2v) is 4.42. The van der Waals surface area contributed by atoms with Crippen molar-refractivity contribution in [3.63, 3.8) is 0 Å². The summed E-state index contributed by atoms with van der Waals surface area (Å²) >= 11 is 0. The number of hydrogen-bond acceptors (Lipinski definition) is 3. The van der Waals surface area contributed by atoms with Crippen LogP contribution >= 0.6 is 0 Å². The first-order valence-electron chi connectivity index (χ1n) is 6.20. The summed E-state index contributed by atoms with van der Waals surface area (Å²) in [5, 5.41) is 9.08. The third kappa shape index (κ3) is 3.29. The number of methoxy groups -OCH3 is 1. The minimum atomic E-state index is -0.922.